The van der Waals surface area contributed by atoms with Crippen LogP contribution in [0.25, 0.3) is 11.1 Å². The lowest BCUT2D eigenvalue weighted by Crippen LogP contribution is -2.48. The molecule has 0 aliphatic carbocycles. The Morgan fingerprint density at radius 1 is 0.788 bits per heavy atom. The van der Waals surface area contributed by atoms with Crippen LogP contribution in [0.4, 0.5) is 0 Å². The Bertz CT molecular complexity index is 1180. The van der Waals surface area contributed by atoms with Crippen molar-refractivity contribution in [3.05, 3.63) is 108 Å². The van der Waals surface area contributed by atoms with Crippen molar-refractivity contribution in [3.8, 4) is 11.1 Å². The van der Waals surface area contributed by atoms with Crippen LogP contribution in [0.15, 0.2) is 91.4 Å². The third kappa shape index (κ3) is 5.02. The molecule has 2 aromatic heterocycles. The van der Waals surface area contributed by atoms with E-state index in [1.54, 1.807) is 6.20 Å². The summed E-state index contributed by atoms with van der Waals surface area (Å²) in [6.07, 6.45) is 5.57. The fraction of sp³-hybridized carbons (Fsp3) is 0.222. The number of aromatic nitrogens is 3. The van der Waals surface area contributed by atoms with E-state index in [0.29, 0.717) is 0 Å². The molecule has 1 amide bonds. The molecule has 0 saturated carbocycles. The Morgan fingerprint density at radius 2 is 1.58 bits per heavy atom. The quantitative estimate of drug-likeness (QED) is 0.458. The molecular weight excluding hydrogens is 410 g/mol. The number of nitrogens with zero attached hydrogens (tertiary/aromatic N) is 5. The van der Waals surface area contributed by atoms with Crippen molar-refractivity contribution in [2.75, 3.05) is 26.2 Å². The van der Waals surface area contributed by atoms with Crippen molar-refractivity contribution >= 4 is 5.91 Å². The molecule has 0 radical (unpaired) electrons. The van der Waals surface area contributed by atoms with Crippen molar-refractivity contribution in [3.63, 3.8) is 0 Å². The molecule has 1 fully saturated rings. The van der Waals surface area contributed by atoms with Gasteiger partial charge in [0, 0.05) is 56.9 Å². The van der Waals surface area contributed by atoms with Gasteiger partial charge in [0.05, 0.1) is 12.2 Å². The van der Waals surface area contributed by atoms with Crippen LogP contribution in [0.3, 0.4) is 0 Å². The normalized spacial score (nSPS) is 14.4. The molecule has 4 aromatic rings. The third-order valence-corrected chi connectivity index (χ3v) is 6.10. The van der Waals surface area contributed by atoms with E-state index in [1.807, 2.05) is 70.5 Å². The average molecular weight is 438 g/mol. The Kier molecular flexibility index (Phi) is 6.26. The van der Waals surface area contributed by atoms with Gasteiger partial charge in [-0.2, -0.15) is 5.10 Å². The van der Waals surface area contributed by atoms with E-state index in [4.69, 9.17) is 0 Å². The highest BCUT2D eigenvalue weighted by atomic mass is 16.2. The minimum atomic E-state index is 0.101. The van der Waals surface area contributed by atoms with Crippen LogP contribution >= 0.6 is 0 Å². The second kappa shape index (κ2) is 9.79. The molecule has 33 heavy (non-hydrogen) atoms. The van der Waals surface area contributed by atoms with Crippen LogP contribution in [0.2, 0.25) is 0 Å². The van der Waals surface area contributed by atoms with Gasteiger partial charge >= 0.3 is 0 Å². The number of carbonyl (C=O) groups is 1. The molecule has 1 saturated heterocycles. The molecule has 166 valence electrons. The number of amides is 1. The molecule has 6 nitrogen and oxygen atoms in total. The summed E-state index contributed by atoms with van der Waals surface area (Å²) in [5.41, 5.74) is 5.03. The van der Waals surface area contributed by atoms with Gasteiger partial charge in [0.2, 0.25) is 0 Å². The maximum Gasteiger partial charge on any atom is 0.254 e. The summed E-state index contributed by atoms with van der Waals surface area (Å²) in [5.74, 6) is 0.101. The summed E-state index contributed by atoms with van der Waals surface area (Å²) in [4.78, 5) is 22.2. The minimum Gasteiger partial charge on any atom is -0.336 e. The maximum atomic E-state index is 13.4. The number of pyridine rings is 1. The Hall–Kier alpha value is -3.77. The highest BCUT2D eigenvalue weighted by Gasteiger charge is 2.24. The summed E-state index contributed by atoms with van der Waals surface area (Å²) in [6, 6.07) is 24.2. The molecule has 6 heteroatoms. The fourth-order valence-electron chi connectivity index (χ4n) is 4.29. The summed E-state index contributed by atoms with van der Waals surface area (Å²) >= 11 is 0. The van der Waals surface area contributed by atoms with Crippen molar-refractivity contribution in [1.82, 2.24) is 24.6 Å². The lowest BCUT2D eigenvalue weighted by atomic mass is 9.97. The Morgan fingerprint density at radius 3 is 2.30 bits per heavy atom. The largest absolute Gasteiger partial charge is 0.336 e. The predicted molar refractivity (Wildman–Crippen MR) is 129 cm³/mol. The van der Waals surface area contributed by atoms with E-state index >= 15 is 0 Å². The lowest BCUT2D eigenvalue weighted by molar-refractivity contribution is 0.0628. The van der Waals surface area contributed by atoms with Gasteiger partial charge in [-0.25, -0.2) is 0 Å². The topological polar surface area (TPSA) is 54.3 Å². The van der Waals surface area contributed by atoms with Gasteiger partial charge in [0.15, 0.2) is 0 Å². The molecule has 0 N–H and O–H groups in total. The second-order valence-electron chi connectivity index (χ2n) is 8.34. The lowest BCUT2D eigenvalue weighted by Gasteiger charge is -2.35. The fourth-order valence-corrected chi connectivity index (χ4v) is 4.29. The van der Waals surface area contributed by atoms with E-state index < -0.39 is 0 Å². The van der Waals surface area contributed by atoms with Crippen LogP contribution in [0.5, 0.6) is 0 Å². The second-order valence-corrected chi connectivity index (χ2v) is 8.34. The first-order chi connectivity index (χ1) is 16.3. The molecule has 0 unspecified atom stereocenters. The van der Waals surface area contributed by atoms with E-state index in [1.165, 1.54) is 5.56 Å². The monoisotopic (exact) mass is 437 g/mol. The SMILES string of the molecule is O=C(c1ccccc1-c1ccc(Cn2cccn2)cc1)N1CCN(Cc2ccccn2)CC1. The van der Waals surface area contributed by atoms with Crippen LogP contribution in [0, 0.1) is 0 Å². The van der Waals surface area contributed by atoms with Gasteiger partial charge in [-0.1, -0.05) is 48.5 Å². The van der Waals surface area contributed by atoms with Gasteiger partial charge in [-0.05, 0) is 41.0 Å². The number of piperazine rings is 1. The van der Waals surface area contributed by atoms with E-state index in [0.717, 1.165) is 61.7 Å². The van der Waals surface area contributed by atoms with Gasteiger partial charge in [-0.3, -0.25) is 19.4 Å². The zero-order valence-corrected chi connectivity index (χ0v) is 18.5. The van der Waals surface area contributed by atoms with Crippen LogP contribution < -0.4 is 0 Å². The Labute approximate surface area is 194 Å². The van der Waals surface area contributed by atoms with Gasteiger partial charge in [0.1, 0.15) is 0 Å². The molecule has 1 aliphatic heterocycles. The van der Waals surface area contributed by atoms with Crippen LogP contribution in [-0.2, 0) is 13.1 Å². The van der Waals surface area contributed by atoms with Gasteiger partial charge < -0.3 is 4.90 Å². The van der Waals surface area contributed by atoms with Gasteiger partial charge in [0.25, 0.3) is 5.91 Å². The molecular formula is C27H27N5O. The van der Waals surface area contributed by atoms with E-state index in [2.05, 4.69) is 39.2 Å². The number of hydrogen-bond acceptors (Lipinski definition) is 4. The first kappa shape index (κ1) is 21.1. The zero-order chi connectivity index (χ0) is 22.5. The molecule has 5 rings (SSSR count). The number of benzene rings is 2. The molecule has 3 heterocycles. The molecule has 0 bridgehead atoms. The third-order valence-electron chi connectivity index (χ3n) is 6.10. The van der Waals surface area contributed by atoms with Crippen molar-refractivity contribution < 1.29 is 4.79 Å². The van der Waals surface area contributed by atoms with E-state index in [9.17, 15) is 4.79 Å². The maximum absolute atomic E-state index is 13.4. The molecule has 1 aliphatic rings. The number of hydrogen-bond donors (Lipinski definition) is 0. The standard InChI is InChI=1S/C27H27N5O/c33-27(31-18-16-30(17-19-31)21-24-6-3-4-13-28-24)26-8-2-1-7-25(26)23-11-9-22(10-12-23)20-32-15-5-14-29-32/h1-15H,16-21H2. The van der Waals surface area contributed by atoms with Crippen LogP contribution in [0.1, 0.15) is 21.6 Å². The minimum absolute atomic E-state index is 0.101. The average Bonchev–Trinajstić information content (AvgIpc) is 3.38. The number of carbonyl (C=O) groups excluding carboxylic acids is 1. The summed E-state index contributed by atoms with van der Waals surface area (Å²) in [7, 11) is 0. The number of rotatable bonds is 6. The summed E-state index contributed by atoms with van der Waals surface area (Å²) in [5, 5.41) is 4.27. The highest BCUT2D eigenvalue weighted by molar-refractivity contribution is 6.01. The summed E-state index contributed by atoms with van der Waals surface area (Å²) in [6.45, 7) is 4.71. The van der Waals surface area contributed by atoms with Crippen LogP contribution in [-0.4, -0.2) is 56.7 Å². The Balaban J connectivity index is 1.26. The van der Waals surface area contributed by atoms with E-state index in [-0.39, 0.29) is 5.91 Å². The smallest absolute Gasteiger partial charge is 0.254 e. The zero-order valence-electron chi connectivity index (χ0n) is 18.5. The summed E-state index contributed by atoms with van der Waals surface area (Å²) < 4.78 is 1.90. The molecule has 0 spiro atoms. The van der Waals surface area contributed by atoms with Gasteiger partial charge in [-0.15, -0.1) is 0 Å². The molecule has 0 atom stereocenters. The first-order valence-electron chi connectivity index (χ1n) is 11.3. The highest BCUT2D eigenvalue weighted by Crippen LogP contribution is 2.26. The van der Waals surface area contributed by atoms with Crippen molar-refractivity contribution in [1.29, 1.82) is 0 Å². The van der Waals surface area contributed by atoms with Crippen molar-refractivity contribution in [2.24, 2.45) is 0 Å². The van der Waals surface area contributed by atoms with Crippen molar-refractivity contribution in [2.45, 2.75) is 13.1 Å². The predicted octanol–water partition coefficient (Wildman–Crippen LogP) is 3.95. The first-order valence-corrected chi connectivity index (χ1v) is 11.3. The molecule has 2 aromatic carbocycles.